The first-order valence-electron chi connectivity index (χ1n) is 12.3. The van der Waals surface area contributed by atoms with Crippen LogP contribution in [0.15, 0.2) is 72.8 Å². The molecule has 4 nitrogen and oxygen atoms in total. The van der Waals surface area contributed by atoms with Gasteiger partial charge in [-0.3, -0.25) is 9.59 Å². The summed E-state index contributed by atoms with van der Waals surface area (Å²) < 4.78 is 41.1. The van der Waals surface area contributed by atoms with E-state index in [1.807, 2.05) is 48.5 Å². The zero-order chi connectivity index (χ0) is 25.3. The molecule has 1 fully saturated rings. The van der Waals surface area contributed by atoms with E-state index in [1.54, 1.807) is 0 Å². The lowest BCUT2D eigenvalue weighted by Gasteiger charge is -2.41. The molecule has 1 heterocycles. The molecule has 2 amide bonds. The number of carbonyl (C=O) groups is 2. The van der Waals surface area contributed by atoms with Crippen molar-refractivity contribution in [1.29, 1.82) is 0 Å². The number of nitrogens with zero attached hydrogens (tertiary/aromatic N) is 1. The first-order chi connectivity index (χ1) is 17.3. The number of aryl methyl sites for hydroxylation is 2. The average molecular weight is 493 g/mol. The lowest BCUT2D eigenvalue weighted by molar-refractivity contribution is -0.138. The number of rotatable bonds is 4. The van der Waals surface area contributed by atoms with Gasteiger partial charge in [0.1, 0.15) is 0 Å². The Morgan fingerprint density at radius 3 is 2.36 bits per heavy atom. The Bertz CT molecular complexity index is 1270. The molecule has 1 aliphatic carbocycles. The van der Waals surface area contributed by atoms with Gasteiger partial charge in [-0.25, -0.2) is 0 Å². The third kappa shape index (κ3) is 4.74. The van der Waals surface area contributed by atoms with Crippen molar-refractivity contribution < 1.29 is 22.8 Å². The molecule has 5 rings (SSSR count). The molecule has 3 aromatic carbocycles. The van der Waals surface area contributed by atoms with Crippen LogP contribution in [0, 0.1) is 5.92 Å². The quantitative estimate of drug-likeness (QED) is 0.457. The number of hydrogen-bond acceptors (Lipinski definition) is 2. The number of alkyl halides is 3. The summed E-state index contributed by atoms with van der Waals surface area (Å²) in [6.07, 6.45) is -0.488. The van der Waals surface area contributed by atoms with Gasteiger partial charge in [0.15, 0.2) is 0 Å². The van der Waals surface area contributed by atoms with Gasteiger partial charge >= 0.3 is 6.18 Å². The smallest absolute Gasteiger partial charge is 0.331 e. The van der Waals surface area contributed by atoms with Crippen LogP contribution < -0.4 is 5.32 Å². The molecule has 3 aromatic rings. The molecule has 0 radical (unpaired) electrons. The third-order valence-electron chi connectivity index (χ3n) is 7.20. The van der Waals surface area contributed by atoms with Crippen LogP contribution in [-0.4, -0.2) is 23.3 Å². The number of amides is 2. The van der Waals surface area contributed by atoms with Gasteiger partial charge in [-0.2, -0.15) is 13.2 Å². The highest BCUT2D eigenvalue weighted by Gasteiger charge is 2.42. The molecule has 186 valence electrons. The van der Waals surface area contributed by atoms with Gasteiger partial charge in [0.2, 0.25) is 5.91 Å². The highest BCUT2D eigenvalue weighted by Crippen LogP contribution is 2.40. The molecule has 1 aliphatic heterocycles. The van der Waals surface area contributed by atoms with Crippen LogP contribution in [0.4, 0.5) is 18.9 Å². The van der Waals surface area contributed by atoms with Crippen LogP contribution in [0.3, 0.4) is 0 Å². The molecule has 1 N–H and O–H groups in total. The van der Waals surface area contributed by atoms with Crippen molar-refractivity contribution >= 4 is 17.5 Å². The van der Waals surface area contributed by atoms with E-state index in [-0.39, 0.29) is 12.5 Å². The van der Waals surface area contributed by atoms with E-state index >= 15 is 0 Å². The zero-order valence-corrected chi connectivity index (χ0v) is 19.7. The van der Waals surface area contributed by atoms with Gasteiger partial charge in [0, 0.05) is 12.2 Å². The minimum atomic E-state index is -4.66. The molecule has 2 unspecified atom stereocenters. The topological polar surface area (TPSA) is 49.4 Å². The van der Waals surface area contributed by atoms with Crippen molar-refractivity contribution in [2.75, 3.05) is 11.9 Å². The first-order valence-corrected chi connectivity index (χ1v) is 12.3. The number of piperidine rings is 1. The van der Waals surface area contributed by atoms with Gasteiger partial charge in [-0.15, -0.1) is 0 Å². The van der Waals surface area contributed by atoms with Crippen LogP contribution in [0.25, 0.3) is 0 Å². The van der Waals surface area contributed by atoms with E-state index in [4.69, 9.17) is 0 Å². The Hall–Kier alpha value is -3.61. The Morgan fingerprint density at radius 1 is 0.861 bits per heavy atom. The van der Waals surface area contributed by atoms with E-state index in [9.17, 15) is 22.8 Å². The minimum absolute atomic E-state index is 0.233. The van der Waals surface area contributed by atoms with Gasteiger partial charge in [0.25, 0.3) is 5.91 Å². The normalized spacial score (nSPS) is 19.6. The predicted octanol–water partition coefficient (Wildman–Crippen LogP) is 6.43. The van der Waals surface area contributed by atoms with Crippen LogP contribution >= 0.6 is 0 Å². The molecule has 0 saturated carbocycles. The maximum Gasteiger partial charge on any atom is 0.417 e. The van der Waals surface area contributed by atoms with Crippen molar-refractivity contribution in [2.24, 2.45) is 5.92 Å². The van der Waals surface area contributed by atoms with E-state index in [2.05, 4.69) is 5.32 Å². The van der Waals surface area contributed by atoms with E-state index in [0.29, 0.717) is 18.5 Å². The lowest BCUT2D eigenvalue weighted by atomic mass is 9.83. The standard InChI is InChI=1S/C29H27F3N2O2/c30-29(31,32)25-14-5-4-12-23(25)28(36)34-17-7-13-24(26(34)20-8-2-1-3-9-20)27(35)33-22-16-15-19-10-6-11-21(19)18-22/h1-5,8-9,12,14-16,18,24,26H,6-7,10-11,13,17H2,(H,33,35). The second-order valence-electron chi connectivity index (χ2n) is 9.47. The molecule has 0 bridgehead atoms. The molecule has 2 atom stereocenters. The summed E-state index contributed by atoms with van der Waals surface area (Å²) in [5.74, 6) is -1.55. The van der Waals surface area contributed by atoms with Crippen molar-refractivity contribution in [3.63, 3.8) is 0 Å². The Morgan fingerprint density at radius 2 is 1.58 bits per heavy atom. The van der Waals surface area contributed by atoms with Crippen molar-refractivity contribution in [3.8, 4) is 0 Å². The van der Waals surface area contributed by atoms with Crippen LogP contribution in [0.1, 0.15) is 57.9 Å². The lowest BCUT2D eigenvalue weighted by Crippen LogP contribution is -2.46. The monoisotopic (exact) mass is 492 g/mol. The highest BCUT2D eigenvalue weighted by molar-refractivity contribution is 5.98. The number of halogens is 3. The van der Waals surface area contributed by atoms with Crippen molar-refractivity contribution in [2.45, 2.75) is 44.3 Å². The molecule has 0 spiro atoms. The fraction of sp³-hybridized carbons (Fsp3) is 0.310. The molecular weight excluding hydrogens is 465 g/mol. The first kappa shape index (κ1) is 24.1. The SMILES string of the molecule is O=C(Nc1ccc2c(c1)CCC2)C1CCCN(C(=O)c2ccccc2C(F)(F)F)C1c1ccccc1. The van der Waals surface area contributed by atoms with Crippen molar-refractivity contribution in [3.05, 3.63) is 101 Å². The number of fused-ring (bicyclic) bond motifs is 1. The number of nitrogens with one attached hydrogen (secondary N) is 1. The molecule has 1 saturated heterocycles. The summed E-state index contributed by atoms with van der Waals surface area (Å²) >= 11 is 0. The Labute approximate surface area is 208 Å². The summed E-state index contributed by atoms with van der Waals surface area (Å²) in [5, 5.41) is 3.02. The molecule has 0 aromatic heterocycles. The maximum absolute atomic E-state index is 13.7. The number of likely N-dealkylation sites (tertiary alicyclic amines) is 1. The molecular formula is C29H27F3N2O2. The fourth-order valence-electron chi connectivity index (χ4n) is 5.52. The maximum atomic E-state index is 13.7. The predicted molar refractivity (Wildman–Crippen MR) is 131 cm³/mol. The van der Waals surface area contributed by atoms with Crippen LogP contribution in [0.2, 0.25) is 0 Å². The Kier molecular flexibility index (Phi) is 6.56. The van der Waals surface area contributed by atoms with Gasteiger partial charge in [-0.05, 0) is 73.1 Å². The van der Waals surface area contributed by atoms with Crippen LogP contribution in [0.5, 0.6) is 0 Å². The zero-order valence-electron chi connectivity index (χ0n) is 19.7. The average Bonchev–Trinajstić information content (AvgIpc) is 3.36. The summed E-state index contributed by atoms with van der Waals surface area (Å²) in [6, 6.07) is 19.2. The summed E-state index contributed by atoms with van der Waals surface area (Å²) in [7, 11) is 0. The Balaban J connectivity index is 1.48. The second kappa shape index (κ2) is 9.80. The summed E-state index contributed by atoms with van der Waals surface area (Å²) in [5.41, 5.74) is 2.60. The number of hydrogen-bond donors (Lipinski definition) is 1. The van der Waals surface area contributed by atoms with Gasteiger partial charge in [-0.1, -0.05) is 48.5 Å². The van der Waals surface area contributed by atoms with E-state index in [1.165, 1.54) is 34.2 Å². The molecule has 7 heteroatoms. The largest absolute Gasteiger partial charge is 0.417 e. The summed E-state index contributed by atoms with van der Waals surface area (Å²) in [6.45, 7) is 0.271. The number of benzene rings is 3. The fourth-order valence-corrected chi connectivity index (χ4v) is 5.52. The van der Waals surface area contributed by atoms with Crippen LogP contribution in [-0.2, 0) is 23.8 Å². The third-order valence-corrected chi connectivity index (χ3v) is 7.20. The summed E-state index contributed by atoms with van der Waals surface area (Å²) in [4.78, 5) is 28.6. The van der Waals surface area contributed by atoms with Gasteiger partial charge < -0.3 is 10.2 Å². The molecule has 36 heavy (non-hydrogen) atoms. The number of carbonyl (C=O) groups excluding carboxylic acids is 2. The van der Waals surface area contributed by atoms with Gasteiger partial charge in [0.05, 0.1) is 23.1 Å². The second-order valence-corrected chi connectivity index (χ2v) is 9.47. The molecule has 2 aliphatic rings. The highest BCUT2D eigenvalue weighted by atomic mass is 19.4. The van der Waals surface area contributed by atoms with E-state index in [0.717, 1.165) is 30.9 Å². The van der Waals surface area contributed by atoms with Crippen molar-refractivity contribution in [1.82, 2.24) is 4.90 Å². The van der Waals surface area contributed by atoms with E-state index < -0.39 is 35.2 Å². The minimum Gasteiger partial charge on any atom is -0.331 e. The number of anilines is 1.